The molecule has 0 radical (unpaired) electrons. The lowest BCUT2D eigenvalue weighted by Crippen LogP contribution is -2.54. The van der Waals surface area contributed by atoms with E-state index < -0.39 is 30.7 Å². The molecule has 2 heterocycles. The van der Waals surface area contributed by atoms with Gasteiger partial charge in [-0.1, -0.05) is 45.4 Å². The van der Waals surface area contributed by atoms with Crippen molar-refractivity contribution in [3.05, 3.63) is 0 Å². The molecule has 3 atom stereocenters. The van der Waals surface area contributed by atoms with Gasteiger partial charge in [0.2, 0.25) is 5.79 Å². The highest BCUT2D eigenvalue weighted by molar-refractivity contribution is 5.69. The van der Waals surface area contributed by atoms with Crippen molar-refractivity contribution in [2.45, 2.75) is 82.4 Å². The third kappa shape index (κ3) is 5.62. The SMILES string of the molecule is CCCCCCCCCC(=O)O[C@@H]1[C@@H](O)CO[C@@H]1C1(CO)OCCO1. The summed E-state index contributed by atoms with van der Waals surface area (Å²) in [6, 6.07) is 0. The van der Waals surface area contributed by atoms with Crippen LogP contribution < -0.4 is 0 Å². The molecule has 146 valence electrons. The fourth-order valence-electron chi connectivity index (χ4n) is 3.36. The van der Waals surface area contributed by atoms with Crippen LogP contribution in [-0.2, 0) is 23.7 Å². The minimum absolute atomic E-state index is 0.0223. The van der Waals surface area contributed by atoms with E-state index in [-0.39, 0.29) is 12.6 Å². The molecule has 7 heteroatoms. The topological polar surface area (TPSA) is 94.5 Å². The molecule has 0 saturated carbocycles. The second kappa shape index (κ2) is 10.4. The van der Waals surface area contributed by atoms with Crippen molar-refractivity contribution in [2.75, 3.05) is 26.4 Å². The van der Waals surface area contributed by atoms with Crippen molar-refractivity contribution >= 4 is 5.97 Å². The van der Waals surface area contributed by atoms with Crippen LogP contribution in [0.25, 0.3) is 0 Å². The smallest absolute Gasteiger partial charge is 0.306 e. The molecule has 0 aromatic carbocycles. The van der Waals surface area contributed by atoms with Gasteiger partial charge in [-0.3, -0.25) is 4.79 Å². The van der Waals surface area contributed by atoms with Crippen LogP contribution >= 0.6 is 0 Å². The van der Waals surface area contributed by atoms with Gasteiger partial charge >= 0.3 is 5.97 Å². The zero-order chi connectivity index (χ0) is 18.1. The molecule has 2 aliphatic heterocycles. The Morgan fingerprint density at radius 1 is 1.12 bits per heavy atom. The molecule has 7 nitrogen and oxygen atoms in total. The quantitative estimate of drug-likeness (QED) is 0.426. The maximum Gasteiger partial charge on any atom is 0.306 e. The molecule has 0 aromatic rings. The summed E-state index contributed by atoms with van der Waals surface area (Å²) >= 11 is 0. The monoisotopic (exact) mass is 360 g/mol. The zero-order valence-corrected chi connectivity index (χ0v) is 15.2. The van der Waals surface area contributed by atoms with Crippen LogP contribution in [0.15, 0.2) is 0 Å². The maximum atomic E-state index is 12.1. The number of hydrogen-bond donors (Lipinski definition) is 2. The Morgan fingerprint density at radius 2 is 1.76 bits per heavy atom. The van der Waals surface area contributed by atoms with E-state index in [4.69, 9.17) is 18.9 Å². The lowest BCUT2D eigenvalue weighted by molar-refractivity contribution is -0.257. The van der Waals surface area contributed by atoms with Gasteiger partial charge in [-0.2, -0.15) is 0 Å². The number of esters is 1. The van der Waals surface area contributed by atoms with Crippen molar-refractivity contribution in [2.24, 2.45) is 0 Å². The van der Waals surface area contributed by atoms with Gasteiger partial charge in [0.25, 0.3) is 0 Å². The molecule has 2 fully saturated rings. The van der Waals surface area contributed by atoms with E-state index in [2.05, 4.69) is 6.92 Å². The van der Waals surface area contributed by atoms with Gasteiger partial charge in [-0.25, -0.2) is 0 Å². The maximum absolute atomic E-state index is 12.1. The van der Waals surface area contributed by atoms with Crippen LogP contribution in [-0.4, -0.2) is 66.7 Å². The van der Waals surface area contributed by atoms with E-state index in [1.807, 2.05) is 0 Å². The molecule has 0 amide bonds. The minimum atomic E-state index is -1.36. The molecule has 2 saturated heterocycles. The van der Waals surface area contributed by atoms with Crippen LogP contribution in [0.3, 0.4) is 0 Å². The molecule has 0 bridgehead atoms. The highest BCUT2D eigenvalue weighted by Crippen LogP contribution is 2.33. The second-order valence-corrected chi connectivity index (χ2v) is 6.81. The Kier molecular flexibility index (Phi) is 8.58. The summed E-state index contributed by atoms with van der Waals surface area (Å²) in [6.07, 6.45) is 5.50. The van der Waals surface area contributed by atoms with Crippen LogP contribution in [0.4, 0.5) is 0 Å². The first kappa shape index (κ1) is 20.6. The first-order valence-electron chi connectivity index (χ1n) is 9.51. The highest BCUT2D eigenvalue weighted by atomic mass is 16.8. The predicted molar refractivity (Wildman–Crippen MR) is 90.0 cm³/mol. The number of hydrogen-bond acceptors (Lipinski definition) is 7. The molecular weight excluding hydrogens is 328 g/mol. The molecule has 0 spiro atoms. The Morgan fingerprint density at radius 3 is 2.40 bits per heavy atom. The summed E-state index contributed by atoms with van der Waals surface area (Å²) in [5.74, 6) is -1.72. The van der Waals surface area contributed by atoms with E-state index in [0.717, 1.165) is 19.3 Å². The van der Waals surface area contributed by atoms with Gasteiger partial charge < -0.3 is 29.2 Å². The van der Waals surface area contributed by atoms with Crippen LogP contribution in [0.2, 0.25) is 0 Å². The lowest BCUT2D eigenvalue weighted by Gasteiger charge is -2.33. The number of rotatable bonds is 11. The van der Waals surface area contributed by atoms with E-state index in [9.17, 15) is 15.0 Å². The average molecular weight is 360 g/mol. The largest absolute Gasteiger partial charge is 0.456 e. The van der Waals surface area contributed by atoms with Crippen molar-refractivity contribution in [1.82, 2.24) is 0 Å². The van der Waals surface area contributed by atoms with Gasteiger partial charge in [0.1, 0.15) is 12.7 Å². The predicted octanol–water partition coefficient (Wildman–Crippen LogP) is 1.53. The Labute approximate surface area is 149 Å². The summed E-state index contributed by atoms with van der Waals surface area (Å²) in [5.41, 5.74) is 0. The van der Waals surface area contributed by atoms with Crippen molar-refractivity contribution < 1.29 is 34.0 Å². The van der Waals surface area contributed by atoms with Gasteiger partial charge in [-0.15, -0.1) is 0 Å². The molecule has 0 unspecified atom stereocenters. The van der Waals surface area contributed by atoms with Crippen molar-refractivity contribution in [3.63, 3.8) is 0 Å². The molecule has 25 heavy (non-hydrogen) atoms. The average Bonchev–Trinajstić information content (AvgIpc) is 3.22. The minimum Gasteiger partial charge on any atom is -0.456 e. The number of aliphatic hydroxyl groups is 2. The van der Waals surface area contributed by atoms with Crippen LogP contribution in [0, 0.1) is 0 Å². The number of aliphatic hydroxyl groups excluding tert-OH is 2. The highest BCUT2D eigenvalue weighted by Gasteiger charge is 2.55. The van der Waals surface area contributed by atoms with E-state index in [0.29, 0.717) is 19.6 Å². The zero-order valence-electron chi connectivity index (χ0n) is 15.2. The molecule has 2 aliphatic rings. The molecule has 2 N–H and O–H groups in total. The normalized spacial score (nSPS) is 28.4. The second-order valence-electron chi connectivity index (χ2n) is 6.81. The van der Waals surface area contributed by atoms with Crippen molar-refractivity contribution in [1.29, 1.82) is 0 Å². The number of carbonyl (C=O) groups excluding carboxylic acids is 1. The van der Waals surface area contributed by atoms with E-state index in [1.54, 1.807) is 0 Å². The van der Waals surface area contributed by atoms with Gasteiger partial charge in [-0.05, 0) is 6.42 Å². The summed E-state index contributed by atoms with van der Waals surface area (Å²) in [5, 5.41) is 19.7. The molecule has 0 aromatic heterocycles. The van der Waals surface area contributed by atoms with E-state index >= 15 is 0 Å². The summed E-state index contributed by atoms with van der Waals surface area (Å²) in [7, 11) is 0. The standard InChI is InChI=1S/C18H32O7/c1-2-3-4-5-6-7-8-9-15(21)25-16-14(20)12-22-17(16)18(13-19)23-10-11-24-18/h14,16-17,19-20H,2-13H2,1H3/t14-,16+,17-/m0/s1. The molecule has 0 aliphatic carbocycles. The van der Waals surface area contributed by atoms with Crippen molar-refractivity contribution in [3.8, 4) is 0 Å². The lowest BCUT2D eigenvalue weighted by atomic mass is 10.0. The number of unbranched alkanes of at least 4 members (excludes halogenated alkanes) is 6. The molecular formula is C18H32O7. The first-order valence-corrected chi connectivity index (χ1v) is 9.51. The van der Waals surface area contributed by atoms with Gasteiger partial charge in [0.15, 0.2) is 12.2 Å². The fraction of sp³-hybridized carbons (Fsp3) is 0.944. The van der Waals surface area contributed by atoms with Gasteiger partial charge in [0, 0.05) is 6.42 Å². The van der Waals surface area contributed by atoms with E-state index in [1.165, 1.54) is 25.7 Å². The fourth-order valence-corrected chi connectivity index (χ4v) is 3.36. The summed E-state index contributed by atoms with van der Waals surface area (Å²) in [6.45, 7) is 2.45. The first-order chi connectivity index (χ1) is 12.1. The third-order valence-corrected chi connectivity index (χ3v) is 4.81. The van der Waals surface area contributed by atoms with Gasteiger partial charge in [0.05, 0.1) is 19.8 Å². The summed E-state index contributed by atoms with van der Waals surface area (Å²) < 4.78 is 21.9. The Balaban J connectivity index is 1.74. The number of ether oxygens (including phenoxy) is 4. The van der Waals surface area contributed by atoms with Crippen LogP contribution in [0.5, 0.6) is 0 Å². The molecule has 2 rings (SSSR count). The Bertz CT molecular complexity index is 395. The Hall–Kier alpha value is -0.730. The third-order valence-electron chi connectivity index (χ3n) is 4.81. The number of carbonyl (C=O) groups is 1. The summed E-state index contributed by atoms with van der Waals surface area (Å²) in [4.78, 5) is 12.1. The van der Waals surface area contributed by atoms with Crippen LogP contribution in [0.1, 0.15) is 58.3 Å².